The number of hydrogen-bond acceptors (Lipinski definition) is 4. The lowest BCUT2D eigenvalue weighted by Crippen LogP contribution is -2.34. The second-order valence-corrected chi connectivity index (χ2v) is 9.05. The van der Waals surface area contributed by atoms with Crippen LogP contribution in [0.1, 0.15) is 12.5 Å². The van der Waals surface area contributed by atoms with E-state index in [-0.39, 0.29) is 4.90 Å². The molecule has 1 saturated heterocycles. The van der Waals surface area contributed by atoms with E-state index in [1.165, 1.54) is 4.08 Å². The Hall–Kier alpha value is -1.75. The third-order valence-corrected chi connectivity index (χ3v) is 8.13. The van der Waals surface area contributed by atoms with Crippen molar-refractivity contribution in [3.8, 4) is 0 Å². The zero-order chi connectivity index (χ0) is 16.6. The highest BCUT2D eigenvalue weighted by Gasteiger charge is 2.48. The van der Waals surface area contributed by atoms with Crippen molar-refractivity contribution < 1.29 is 17.7 Å². The molecule has 0 N–H and O–H groups in total. The number of benzene rings is 2. The van der Waals surface area contributed by atoms with Crippen LogP contribution < -0.4 is 5.30 Å². The molecule has 1 unspecified atom stereocenters. The maximum atomic E-state index is 13.0. The Kier molecular flexibility index (Phi) is 4.23. The van der Waals surface area contributed by atoms with Gasteiger partial charge >= 0.3 is 5.97 Å². The number of carbonyl (C=O) groups is 1. The van der Waals surface area contributed by atoms with Crippen molar-refractivity contribution in [1.29, 1.82) is 0 Å². The van der Waals surface area contributed by atoms with Gasteiger partial charge in [-0.15, -0.1) is 4.08 Å². The molecule has 7 heteroatoms. The van der Waals surface area contributed by atoms with Crippen molar-refractivity contribution in [2.45, 2.75) is 24.8 Å². The van der Waals surface area contributed by atoms with Gasteiger partial charge in [0.25, 0.3) is 0 Å². The van der Waals surface area contributed by atoms with E-state index in [0.717, 1.165) is 5.56 Å². The Balaban J connectivity index is 2.07. The lowest BCUT2D eigenvalue weighted by molar-refractivity contribution is -0.133. The predicted octanol–water partition coefficient (Wildman–Crippen LogP) is 2.57. The molecule has 2 atom stereocenters. The van der Waals surface area contributed by atoms with Crippen molar-refractivity contribution in [2.24, 2.45) is 0 Å². The molecule has 1 aliphatic heterocycles. The van der Waals surface area contributed by atoms with Crippen molar-refractivity contribution in [3.05, 3.63) is 60.2 Å². The molecule has 0 bridgehead atoms. The van der Waals surface area contributed by atoms with Crippen LogP contribution in [-0.4, -0.2) is 24.5 Å². The highest BCUT2D eigenvalue weighted by atomic mass is 32.2. The fourth-order valence-corrected chi connectivity index (χ4v) is 6.51. The lowest BCUT2D eigenvalue weighted by Gasteiger charge is -2.23. The fraction of sp³-hybridized carbons (Fsp3) is 0.188. The van der Waals surface area contributed by atoms with Gasteiger partial charge in [0.1, 0.15) is 6.04 Å². The van der Waals surface area contributed by atoms with E-state index < -0.39 is 30.3 Å². The number of sulfonamides is 1. The van der Waals surface area contributed by atoms with Gasteiger partial charge in [0.15, 0.2) is 0 Å². The third kappa shape index (κ3) is 2.90. The van der Waals surface area contributed by atoms with E-state index in [2.05, 4.69) is 0 Å². The lowest BCUT2D eigenvalue weighted by atomic mass is 10.2. The van der Waals surface area contributed by atoms with Gasteiger partial charge in [-0.3, -0.25) is 4.79 Å². The SMILES string of the molecule is Cc1ccc(S(=O)(=O)N2[C@@H](C)C(=O)OP2c2ccccc2)cc1. The van der Waals surface area contributed by atoms with Crippen molar-refractivity contribution in [2.75, 3.05) is 0 Å². The molecule has 5 nitrogen and oxygen atoms in total. The van der Waals surface area contributed by atoms with Gasteiger partial charge in [0.2, 0.25) is 18.3 Å². The highest BCUT2D eigenvalue weighted by Crippen LogP contribution is 2.51. The van der Waals surface area contributed by atoms with Crippen molar-refractivity contribution in [1.82, 2.24) is 4.08 Å². The molecular formula is C16H16NO4PS. The largest absolute Gasteiger partial charge is 0.422 e. The average Bonchev–Trinajstić information content (AvgIpc) is 2.85. The Morgan fingerprint density at radius 2 is 1.65 bits per heavy atom. The van der Waals surface area contributed by atoms with E-state index in [1.807, 2.05) is 13.0 Å². The summed E-state index contributed by atoms with van der Waals surface area (Å²) in [7, 11) is -5.52. The number of aryl methyl sites for hydroxylation is 1. The molecule has 0 saturated carbocycles. The standard InChI is InChI=1S/C16H16NO4PS/c1-12-8-10-15(11-9-12)23(19,20)17-13(2)16(18)21-22(17)14-6-4-3-5-7-14/h3-11,13H,1-2H3/t13-,22?/m0/s1. The first-order chi connectivity index (χ1) is 10.9. The monoisotopic (exact) mass is 349 g/mol. The molecule has 1 fully saturated rings. The summed E-state index contributed by atoms with van der Waals surface area (Å²) in [4.78, 5) is 12.2. The van der Waals surface area contributed by atoms with Crippen LogP contribution in [0, 0.1) is 6.92 Å². The molecule has 0 radical (unpaired) electrons. The van der Waals surface area contributed by atoms with Crippen molar-refractivity contribution >= 4 is 29.6 Å². The number of rotatable bonds is 3. The summed E-state index contributed by atoms with van der Waals surface area (Å²) in [5.74, 6) is -0.518. The quantitative estimate of drug-likeness (QED) is 0.799. The fourth-order valence-electron chi connectivity index (χ4n) is 2.30. The molecule has 2 aromatic rings. The van der Waals surface area contributed by atoms with E-state index >= 15 is 0 Å². The molecule has 2 aromatic carbocycles. The van der Waals surface area contributed by atoms with E-state index in [9.17, 15) is 13.2 Å². The van der Waals surface area contributed by atoms with Crippen LogP contribution in [0.25, 0.3) is 0 Å². The van der Waals surface area contributed by atoms with Crippen LogP contribution in [0.3, 0.4) is 0 Å². The molecule has 0 amide bonds. The first kappa shape index (κ1) is 16.1. The Labute approximate surface area is 136 Å². The minimum absolute atomic E-state index is 0.164. The normalized spacial score (nSPS) is 22.1. The molecule has 23 heavy (non-hydrogen) atoms. The van der Waals surface area contributed by atoms with Gasteiger partial charge in [-0.25, -0.2) is 8.42 Å². The third-order valence-electron chi connectivity index (χ3n) is 3.57. The van der Waals surface area contributed by atoms with Crippen LogP contribution in [0.15, 0.2) is 59.5 Å². The maximum absolute atomic E-state index is 13.0. The van der Waals surface area contributed by atoms with Crippen LogP contribution in [-0.2, 0) is 19.3 Å². The average molecular weight is 349 g/mol. The number of hydrogen-bond donors (Lipinski definition) is 0. The molecule has 0 aromatic heterocycles. The molecule has 1 aliphatic rings. The second-order valence-electron chi connectivity index (χ2n) is 5.29. The van der Waals surface area contributed by atoms with Crippen LogP contribution in [0.4, 0.5) is 0 Å². The molecule has 120 valence electrons. The van der Waals surface area contributed by atoms with E-state index in [1.54, 1.807) is 55.5 Å². The van der Waals surface area contributed by atoms with E-state index in [0.29, 0.717) is 5.30 Å². The maximum Gasteiger partial charge on any atom is 0.328 e. The summed E-state index contributed by atoms with van der Waals surface area (Å²) in [6.45, 7) is 3.44. The van der Waals surface area contributed by atoms with Gasteiger partial charge in [0.05, 0.1) is 4.90 Å². The van der Waals surface area contributed by atoms with Crippen molar-refractivity contribution in [3.63, 3.8) is 0 Å². The predicted molar refractivity (Wildman–Crippen MR) is 88.8 cm³/mol. The summed E-state index contributed by atoms with van der Waals surface area (Å²) in [6, 6.07) is 14.7. The zero-order valence-corrected chi connectivity index (χ0v) is 14.4. The molecule has 0 spiro atoms. The Morgan fingerprint density at radius 1 is 1.04 bits per heavy atom. The van der Waals surface area contributed by atoms with Crippen LogP contribution >= 0.6 is 8.30 Å². The minimum atomic E-state index is -3.82. The first-order valence-corrected chi connectivity index (χ1v) is 9.74. The smallest absolute Gasteiger partial charge is 0.328 e. The summed E-state index contributed by atoms with van der Waals surface area (Å²) < 4.78 is 32.6. The first-order valence-electron chi connectivity index (χ1n) is 7.09. The molecule has 1 heterocycles. The van der Waals surface area contributed by atoms with Gasteiger partial charge in [-0.1, -0.05) is 35.9 Å². The molecule has 0 aliphatic carbocycles. The highest BCUT2D eigenvalue weighted by molar-refractivity contribution is 7.95. The van der Waals surface area contributed by atoms with Gasteiger partial charge < -0.3 is 4.52 Å². The van der Waals surface area contributed by atoms with Gasteiger partial charge in [0, 0.05) is 5.30 Å². The summed E-state index contributed by atoms with van der Waals surface area (Å²) in [5, 5.41) is 0.691. The Bertz CT molecular complexity index is 821. The zero-order valence-electron chi connectivity index (χ0n) is 12.7. The molecular weight excluding hydrogens is 333 g/mol. The summed E-state index contributed by atoms with van der Waals surface area (Å²) in [6.07, 6.45) is 0. The molecule has 3 rings (SSSR count). The second kappa shape index (κ2) is 6.04. The van der Waals surface area contributed by atoms with Gasteiger partial charge in [-0.05, 0) is 38.1 Å². The minimum Gasteiger partial charge on any atom is -0.422 e. The number of carbonyl (C=O) groups excluding carboxylic acids is 1. The number of nitrogens with zero attached hydrogens (tertiary/aromatic N) is 1. The van der Waals surface area contributed by atoms with Gasteiger partial charge in [-0.2, -0.15) is 0 Å². The summed E-state index contributed by atoms with van der Waals surface area (Å²) in [5.41, 5.74) is 0.969. The topological polar surface area (TPSA) is 63.7 Å². The summed E-state index contributed by atoms with van der Waals surface area (Å²) >= 11 is 0. The Morgan fingerprint density at radius 3 is 2.26 bits per heavy atom. The van der Waals surface area contributed by atoms with Crippen LogP contribution in [0.2, 0.25) is 0 Å². The van der Waals surface area contributed by atoms with Crippen LogP contribution in [0.5, 0.6) is 0 Å². The van der Waals surface area contributed by atoms with E-state index in [4.69, 9.17) is 4.52 Å².